The number of halogens is 1. The maximum Gasteiger partial charge on any atom is 0.328 e. The molecule has 2 fully saturated rings. The first kappa shape index (κ1) is 24.2. The van der Waals surface area contributed by atoms with E-state index in [1.807, 2.05) is 24.3 Å². The fraction of sp³-hybridized carbons (Fsp3) is 0.448. The summed E-state index contributed by atoms with van der Waals surface area (Å²) in [5, 5.41) is 3.59. The van der Waals surface area contributed by atoms with Gasteiger partial charge in [0.15, 0.2) is 11.4 Å². The number of ketones is 1. The molecule has 0 saturated heterocycles. The quantitative estimate of drug-likeness (QED) is 0.405. The van der Waals surface area contributed by atoms with E-state index in [2.05, 4.69) is 27.0 Å². The van der Waals surface area contributed by atoms with Crippen molar-refractivity contribution in [3.05, 3.63) is 64.7 Å². The number of Topliss-reactive ketones (excluding diaryl/α,β-unsaturated/α-hetero) is 1. The molecule has 3 aliphatic rings. The SMILES string of the molecule is CCOC(=O)[C@H](Cc1ccc(-n2c(C3CC3)nc3cccnc32)cc1)NC1=C(Cl)C(=O)C12CCCCC2. The van der Waals surface area contributed by atoms with E-state index >= 15 is 0 Å². The highest BCUT2D eigenvalue weighted by atomic mass is 35.5. The first-order chi connectivity index (χ1) is 18.0. The Morgan fingerprint density at radius 1 is 1.19 bits per heavy atom. The standard InChI is InChI=1S/C29H31ClN4O3/c1-2-37-28(36)22(32-24-23(30)25(35)29(24)14-4-3-5-15-29)17-18-8-12-20(13-9-18)34-26(19-10-11-19)33-21-7-6-16-31-27(21)34/h6-9,12-13,16,19,22,32H,2-5,10-11,14-15,17H2,1H3/t22-/m0/s1. The monoisotopic (exact) mass is 518 g/mol. The lowest BCUT2D eigenvalue weighted by atomic mass is 9.62. The Hall–Kier alpha value is -3.19. The molecule has 37 heavy (non-hydrogen) atoms. The summed E-state index contributed by atoms with van der Waals surface area (Å²) in [4.78, 5) is 35.1. The van der Waals surface area contributed by atoms with Crippen LogP contribution in [0.4, 0.5) is 0 Å². The minimum atomic E-state index is -0.626. The van der Waals surface area contributed by atoms with Gasteiger partial charge in [0.25, 0.3) is 0 Å². The van der Waals surface area contributed by atoms with Crippen LogP contribution < -0.4 is 5.32 Å². The molecular formula is C29H31ClN4O3. The molecule has 1 aromatic carbocycles. The maximum absolute atomic E-state index is 13.0. The molecule has 0 amide bonds. The topological polar surface area (TPSA) is 86.1 Å². The smallest absolute Gasteiger partial charge is 0.328 e. The second-order valence-corrected chi connectivity index (χ2v) is 10.8. The van der Waals surface area contributed by atoms with Crippen molar-refractivity contribution in [2.75, 3.05) is 6.61 Å². The molecule has 0 bridgehead atoms. The normalized spacial score (nSPS) is 19.7. The minimum Gasteiger partial charge on any atom is -0.464 e. The fourth-order valence-corrected chi connectivity index (χ4v) is 6.26. The predicted molar refractivity (Wildman–Crippen MR) is 142 cm³/mol. The largest absolute Gasteiger partial charge is 0.464 e. The third-order valence-electron chi connectivity index (χ3n) is 7.95. The number of ether oxygens (including phenoxy) is 1. The molecule has 7 nitrogen and oxygen atoms in total. The maximum atomic E-state index is 13.0. The number of allylic oxidation sites excluding steroid dienone is 2. The van der Waals surface area contributed by atoms with Gasteiger partial charge < -0.3 is 10.1 Å². The van der Waals surface area contributed by atoms with Crippen LogP contribution in [-0.2, 0) is 20.7 Å². The number of hydrogen-bond donors (Lipinski definition) is 1. The van der Waals surface area contributed by atoms with Gasteiger partial charge in [-0.25, -0.2) is 14.8 Å². The molecule has 2 heterocycles. The fourth-order valence-electron chi connectivity index (χ4n) is 5.85. The zero-order chi connectivity index (χ0) is 25.6. The average Bonchev–Trinajstić information content (AvgIpc) is 3.71. The first-order valence-electron chi connectivity index (χ1n) is 13.3. The summed E-state index contributed by atoms with van der Waals surface area (Å²) in [5.74, 6) is 1.20. The van der Waals surface area contributed by atoms with E-state index in [1.165, 1.54) is 0 Å². The van der Waals surface area contributed by atoms with Crippen LogP contribution in [-0.4, -0.2) is 38.9 Å². The van der Waals surface area contributed by atoms with Crippen LogP contribution in [0.5, 0.6) is 0 Å². The molecule has 2 aromatic heterocycles. The zero-order valence-corrected chi connectivity index (χ0v) is 21.8. The van der Waals surface area contributed by atoms with Gasteiger partial charge in [0.1, 0.15) is 22.4 Å². The Labute approximate surface area is 221 Å². The highest BCUT2D eigenvalue weighted by Gasteiger charge is 2.54. The number of fused-ring (bicyclic) bond motifs is 1. The number of nitrogens with zero attached hydrogens (tertiary/aromatic N) is 3. The third-order valence-corrected chi connectivity index (χ3v) is 8.31. The van der Waals surface area contributed by atoms with Crippen molar-refractivity contribution in [2.45, 2.75) is 70.3 Å². The molecule has 3 aliphatic carbocycles. The van der Waals surface area contributed by atoms with Gasteiger partial charge in [-0.3, -0.25) is 9.36 Å². The van der Waals surface area contributed by atoms with Crippen molar-refractivity contribution < 1.29 is 14.3 Å². The number of imidazole rings is 1. The van der Waals surface area contributed by atoms with Crippen molar-refractivity contribution in [1.82, 2.24) is 19.9 Å². The lowest BCUT2D eigenvalue weighted by molar-refractivity contribution is -0.146. The number of aromatic nitrogens is 3. The van der Waals surface area contributed by atoms with Gasteiger partial charge in [-0.15, -0.1) is 0 Å². The van der Waals surface area contributed by atoms with E-state index in [-0.39, 0.29) is 23.4 Å². The molecule has 1 atom stereocenters. The third kappa shape index (κ3) is 4.23. The molecule has 192 valence electrons. The number of esters is 1. The molecule has 0 aliphatic heterocycles. The number of carbonyl (C=O) groups excluding carboxylic acids is 2. The van der Waals surface area contributed by atoms with Crippen molar-refractivity contribution in [3.8, 4) is 5.69 Å². The van der Waals surface area contributed by atoms with Gasteiger partial charge in [0.2, 0.25) is 0 Å². The van der Waals surface area contributed by atoms with Crippen LogP contribution in [0.2, 0.25) is 0 Å². The summed E-state index contributed by atoms with van der Waals surface area (Å²) >= 11 is 6.39. The summed E-state index contributed by atoms with van der Waals surface area (Å²) < 4.78 is 7.54. The highest BCUT2D eigenvalue weighted by Crippen LogP contribution is 2.53. The van der Waals surface area contributed by atoms with Crippen molar-refractivity contribution >= 4 is 34.5 Å². The lowest BCUT2D eigenvalue weighted by Gasteiger charge is -2.46. The molecule has 2 saturated carbocycles. The molecule has 0 unspecified atom stereocenters. The summed E-state index contributed by atoms with van der Waals surface area (Å²) in [6.45, 7) is 2.09. The number of nitrogens with one attached hydrogen (secondary N) is 1. The van der Waals surface area contributed by atoms with Crippen LogP contribution in [0.15, 0.2) is 53.3 Å². The van der Waals surface area contributed by atoms with Crippen LogP contribution in [0, 0.1) is 5.41 Å². The number of rotatable bonds is 8. The van der Waals surface area contributed by atoms with E-state index in [1.54, 1.807) is 13.1 Å². The summed E-state index contributed by atoms with van der Waals surface area (Å²) in [6.07, 6.45) is 9.20. The highest BCUT2D eigenvalue weighted by molar-refractivity contribution is 6.47. The van der Waals surface area contributed by atoms with Gasteiger partial charge in [-0.2, -0.15) is 0 Å². The molecule has 3 aromatic rings. The lowest BCUT2D eigenvalue weighted by Crippen LogP contribution is -2.53. The Kier molecular flexibility index (Phi) is 6.27. The van der Waals surface area contributed by atoms with E-state index in [4.69, 9.17) is 21.3 Å². The summed E-state index contributed by atoms with van der Waals surface area (Å²) in [6, 6.07) is 11.5. The molecule has 0 radical (unpaired) electrons. The Bertz CT molecular complexity index is 1380. The number of hydrogen-bond acceptors (Lipinski definition) is 6. The Morgan fingerprint density at radius 2 is 1.95 bits per heavy atom. The van der Waals surface area contributed by atoms with Gasteiger partial charge >= 0.3 is 5.97 Å². The molecule has 6 rings (SSSR count). The summed E-state index contributed by atoms with van der Waals surface area (Å²) in [5.41, 5.74) is 3.91. The number of benzene rings is 1. The van der Waals surface area contributed by atoms with Gasteiger partial charge in [0, 0.05) is 29.9 Å². The first-order valence-corrected chi connectivity index (χ1v) is 13.7. The summed E-state index contributed by atoms with van der Waals surface area (Å²) in [7, 11) is 0. The Balaban J connectivity index is 1.26. The van der Waals surface area contributed by atoms with Gasteiger partial charge in [-0.05, 0) is 62.4 Å². The van der Waals surface area contributed by atoms with Crippen molar-refractivity contribution in [3.63, 3.8) is 0 Å². The number of carbonyl (C=O) groups is 2. The van der Waals surface area contributed by atoms with Gasteiger partial charge in [0.05, 0.1) is 12.0 Å². The molecule has 1 N–H and O–H groups in total. The van der Waals surface area contributed by atoms with Crippen molar-refractivity contribution in [2.24, 2.45) is 5.41 Å². The van der Waals surface area contributed by atoms with Crippen LogP contribution in [0.25, 0.3) is 16.9 Å². The van der Waals surface area contributed by atoms with E-state index in [0.29, 0.717) is 12.3 Å². The van der Waals surface area contributed by atoms with E-state index in [9.17, 15) is 9.59 Å². The average molecular weight is 519 g/mol. The minimum absolute atomic E-state index is 0.0102. The van der Waals surface area contributed by atoms with Gasteiger partial charge in [-0.1, -0.05) is 43.0 Å². The zero-order valence-electron chi connectivity index (χ0n) is 21.0. The van der Waals surface area contributed by atoms with E-state index < -0.39 is 11.5 Å². The predicted octanol–water partition coefficient (Wildman–Crippen LogP) is 5.35. The van der Waals surface area contributed by atoms with E-state index in [0.717, 1.165) is 78.9 Å². The van der Waals surface area contributed by atoms with Crippen LogP contribution in [0.3, 0.4) is 0 Å². The van der Waals surface area contributed by atoms with Crippen LogP contribution in [0.1, 0.15) is 69.2 Å². The van der Waals surface area contributed by atoms with Crippen molar-refractivity contribution in [1.29, 1.82) is 0 Å². The Morgan fingerprint density at radius 3 is 2.65 bits per heavy atom. The molecular weight excluding hydrogens is 488 g/mol. The second kappa shape index (κ2) is 9.60. The molecule has 8 heteroatoms. The number of pyridine rings is 1. The second-order valence-electron chi connectivity index (χ2n) is 10.4. The van der Waals surface area contributed by atoms with Crippen LogP contribution >= 0.6 is 11.6 Å². The molecule has 1 spiro atoms.